The maximum absolute atomic E-state index is 12.4. The van der Waals surface area contributed by atoms with Gasteiger partial charge in [0.15, 0.2) is 0 Å². The average Bonchev–Trinajstić information content (AvgIpc) is 2.27. The van der Waals surface area contributed by atoms with E-state index in [1.807, 2.05) is 17.8 Å². The molecule has 1 fully saturated rings. The summed E-state index contributed by atoms with van der Waals surface area (Å²) in [7, 11) is 0. The number of allylic oxidation sites excluding steroid dienone is 1. The summed E-state index contributed by atoms with van der Waals surface area (Å²) < 4.78 is 37.1. The lowest BCUT2D eigenvalue weighted by atomic mass is 9.84. The molecule has 0 heterocycles. The molecule has 4 heteroatoms. The van der Waals surface area contributed by atoms with Crippen LogP contribution in [0.15, 0.2) is 30.3 Å². The molecule has 0 N–H and O–H groups in total. The van der Waals surface area contributed by atoms with Crippen molar-refractivity contribution in [2.45, 2.75) is 24.3 Å². The van der Waals surface area contributed by atoms with Crippen LogP contribution in [0.1, 0.15) is 24.0 Å². The van der Waals surface area contributed by atoms with E-state index < -0.39 is 11.7 Å². The van der Waals surface area contributed by atoms with Crippen LogP contribution < -0.4 is 0 Å². The van der Waals surface area contributed by atoms with Crippen molar-refractivity contribution >= 4 is 17.8 Å². The van der Waals surface area contributed by atoms with Crippen molar-refractivity contribution in [2.24, 2.45) is 5.92 Å². The Morgan fingerprint density at radius 3 is 2.28 bits per heavy atom. The standard InChI is InChI=1S/C14H15F3S/c1-18-13-8-11(9-13)3-2-10-4-6-12(7-5-10)14(15,16)17/h2-7,11,13H,8-9H2,1H3/b3-2+. The van der Waals surface area contributed by atoms with E-state index in [-0.39, 0.29) is 0 Å². The zero-order chi connectivity index (χ0) is 13.2. The molecule has 0 nitrogen and oxygen atoms in total. The summed E-state index contributed by atoms with van der Waals surface area (Å²) in [5, 5.41) is 0.757. The van der Waals surface area contributed by atoms with Gasteiger partial charge in [-0.05, 0) is 42.7 Å². The van der Waals surface area contributed by atoms with Crippen LogP contribution in [0.3, 0.4) is 0 Å². The summed E-state index contributed by atoms with van der Waals surface area (Å²) in [5.74, 6) is 0.588. The Bertz CT molecular complexity index is 414. The number of hydrogen-bond acceptors (Lipinski definition) is 1. The minimum Gasteiger partial charge on any atom is -0.166 e. The highest BCUT2D eigenvalue weighted by Gasteiger charge is 2.30. The molecular weight excluding hydrogens is 257 g/mol. The van der Waals surface area contributed by atoms with Crippen LogP contribution in [-0.4, -0.2) is 11.5 Å². The zero-order valence-electron chi connectivity index (χ0n) is 10.1. The molecule has 2 rings (SSSR count). The Hall–Kier alpha value is -0.900. The van der Waals surface area contributed by atoms with Crippen molar-refractivity contribution in [3.63, 3.8) is 0 Å². The van der Waals surface area contributed by atoms with Gasteiger partial charge in [-0.2, -0.15) is 24.9 Å². The summed E-state index contributed by atoms with van der Waals surface area (Å²) in [5.41, 5.74) is 0.237. The van der Waals surface area contributed by atoms with Crippen molar-refractivity contribution in [1.82, 2.24) is 0 Å². The van der Waals surface area contributed by atoms with Crippen molar-refractivity contribution in [2.75, 3.05) is 6.26 Å². The topological polar surface area (TPSA) is 0 Å². The molecule has 0 bridgehead atoms. The van der Waals surface area contributed by atoms with E-state index >= 15 is 0 Å². The monoisotopic (exact) mass is 272 g/mol. The van der Waals surface area contributed by atoms with E-state index in [1.54, 1.807) is 0 Å². The highest BCUT2D eigenvalue weighted by atomic mass is 32.2. The Balaban J connectivity index is 1.93. The van der Waals surface area contributed by atoms with Gasteiger partial charge in [0.2, 0.25) is 0 Å². The number of rotatable bonds is 3. The van der Waals surface area contributed by atoms with Gasteiger partial charge >= 0.3 is 6.18 Å². The predicted molar refractivity (Wildman–Crippen MR) is 70.5 cm³/mol. The third-order valence-electron chi connectivity index (χ3n) is 3.26. The van der Waals surface area contributed by atoms with Crippen molar-refractivity contribution in [1.29, 1.82) is 0 Å². The predicted octanol–water partition coefficient (Wildman–Crippen LogP) is 4.86. The van der Waals surface area contributed by atoms with Crippen LogP contribution in [0, 0.1) is 5.92 Å². The van der Waals surface area contributed by atoms with E-state index in [9.17, 15) is 13.2 Å². The highest BCUT2D eigenvalue weighted by molar-refractivity contribution is 7.99. The first-order valence-electron chi connectivity index (χ1n) is 5.87. The van der Waals surface area contributed by atoms with Gasteiger partial charge in [-0.1, -0.05) is 24.3 Å². The second kappa shape index (κ2) is 5.39. The lowest BCUT2D eigenvalue weighted by Crippen LogP contribution is -2.23. The van der Waals surface area contributed by atoms with Crippen molar-refractivity contribution in [3.05, 3.63) is 41.5 Å². The molecule has 1 saturated carbocycles. The van der Waals surface area contributed by atoms with E-state index in [4.69, 9.17) is 0 Å². The summed E-state index contributed by atoms with van der Waals surface area (Å²) in [6.07, 6.45) is 4.25. The molecule has 0 unspecified atom stereocenters. The van der Waals surface area contributed by atoms with E-state index in [0.717, 1.165) is 22.9 Å². The Morgan fingerprint density at radius 2 is 1.78 bits per heavy atom. The fraction of sp³-hybridized carbons (Fsp3) is 0.429. The summed E-state index contributed by atoms with van der Waals surface area (Å²) in [6.45, 7) is 0. The third-order valence-corrected chi connectivity index (χ3v) is 4.32. The maximum atomic E-state index is 12.4. The van der Waals surface area contributed by atoms with Gasteiger partial charge in [0.1, 0.15) is 0 Å². The fourth-order valence-corrected chi connectivity index (χ4v) is 2.87. The van der Waals surface area contributed by atoms with Gasteiger partial charge in [0.25, 0.3) is 0 Å². The van der Waals surface area contributed by atoms with Gasteiger partial charge in [-0.15, -0.1) is 0 Å². The van der Waals surface area contributed by atoms with Crippen LogP contribution >= 0.6 is 11.8 Å². The molecule has 0 radical (unpaired) electrons. The largest absolute Gasteiger partial charge is 0.416 e. The second-order valence-electron chi connectivity index (χ2n) is 4.57. The quantitative estimate of drug-likeness (QED) is 0.757. The van der Waals surface area contributed by atoms with Crippen LogP contribution in [0.2, 0.25) is 0 Å². The first kappa shape index (κ1) is 13.5. The third kappa shape index (κ3) is 3.31. The number of hydrogen-bond donors (Lipinski definition) is 0. The Morgan fingerprint density at radius 1 is 1.17 bits per heavy atom. The lowest BCUT2D eigenvalue weighted by molar-refractivity contribution is -0.137. The number of thioether (sulfide) groups is 1. The van der Waals surface area contributed by atoms with E-state index in [1.165, 1.54) is 25.0 Å². The minimum absolute atomic E-state index is 0.588. The van der Waals surface area contributed by atoms with Crippen molar-refractivity contribution < 1.29 is 13.2 Å². The summed E-state index contributed by atoms with van der Waals surface area (Å²) in [6, 6.07) is 5.30. The van der Waals surface area contributed by atoms with Crippen molar-refractivity contribution in [3.8, 4) is 0 Å². The fourth-order valence-electron chi connectivity index (χ4n) is 1.99. The molecule has 0 spiro atoms. The smallest absolute Gasteiger partial charge is 0.166 e. The first-order valence-corrected chi connectivity index (χ1v) is 7.16. The molecule has 0 saturated heterocycles. The summed E-state index contributed by atoms with van der Waals surface area (Å²) in [4.78, 5) is 0. The molecule has 18 heavy (non-hydrogen) atoms. The SMILES string of the molecule is CSC1CC(/C=C/c2ccc(C(F)(F)F)cc2)C1. The van der Waals surface area contributed by atoms with E-state index in [2.05, 4.69) is 12.3 Å². The average molecular weight is 272 g/mol. The molecule has 0 atom stereocenters. The Kier molecular flexibility index (Phi) is 4.05. The minimum atomic E-state index is -4.25. The van der Waals surface area contributed by atoms with Gasteiger partial charge in [-0.3, -0.25) is 0 Å². The van der Waals surface area contributed by atoms with Gasteiger partial charge in [0, 0.05) is 5.25 Å². The zero-order valence-corrected chi connectivity index (χ0v) is 10.9. The maximum Gasteiger partial charge on any atom is 0.416 e. The van der Waals surface area contributed by atoms with E-state index in [0.29, 0.717) is 5.92 Å². The number of halogens is 3. The van der Waals surface area contributed by atoms with Crippen LogP contribution in [0.5, 0.6) is 0 Å². The van der Waals surface area contributed by atoms with Crippen LogP contribution in [0.4, 0.5) is 13.2 Å². The second-order valence-corrected chi connectivity index (χ2v) is 5.71. The molecule has 0 aromatic heterocycles. The van der Waals surface area contributed by atoms with Gasteiger partial charge in [0.05, 0.1) is 5.56 Å². The normalized spacial score (nSPS) is 24.2. The van der Waals surface area contributed by atoms with Crippen LogP contribution in [0.25, 0.3) is 6.08 Å². The first-order chi connectivity index (χ1) is 8.49. The molecule has 1 aliphatic carbocycles. The molecule has 0 amide bonds. The van der Waals surface area contributed by atoms with Gasteiger partial charge < -0.3 is 0 Å². The lowest BCUT2D eigenvalue weighted by Gasteiger charge is -2.31. The molecular formula is C14H15F3S. The highest BCUT2D eigenvalue weighted by Crippen LogP contribution is 2.36. The number of alkyl halides is 3. The van der Waals surface area contributed by atoms with Crippen LogP contribution in [-0.2, 0) is 6.18 Å². The molecule has 0 aliphatic heterocycles. The molecule has 1 aromatic rings. The molecule has 1 aromatic carbocycles. The molecule has 98 valence electrons. The molecule has 1 aliphatic rings. The summed E-state index contributed by atoms with van der Waals surface area (Å²) >= 11 is 1.88. The number of benzene rings is 1. The Labute approximate surface area is 109 Å². The van der Waals surface area contributed by atoms with Gasteiger partial charge in [-0.25, -0.2) is 0 Å².